The number of nitrogens with one attached hydrogen (secondary N) is 1. The first-order chi connectivity index (χ1) is 16.6. The predicted molar refractivity (Wildman–Crippen MR) is 130 cm³/mol. The van der Waals surface area contributed by atoms with Crippen molar-refractivity contribution >= 4 is 17.6 Å². The molecule has 0 spiro atoms. The van der Waals surface area contributed by atoms with Crippen LogP contribution in [0.5, 0.6) is 0 Å². The van der Waals surface area contributed by atoms with E-state index in [1.165, 1.54) is 0 Å². The number of carbonyl (C=O) groups excluding carboxylic acids is 2. The molecule has 2 heterocycles. The number of carbonyl (C=O) groups is 2. The van der Waals surface area contributed by atoms with Gasteiger partial charge in [-0.05, 0) is 49.6 Å². The van der Waals surface area contributed by atoms with Gasteiger partial charge in [0.25, 0.3) is 0 Å². The number of aryl methyl sites for hydroxylation is 1. The van der Waals surface area contributed by atoms with Crippen LogP contribution >= 0.6 is 0 Å². The fraction of sp³-hybridized carbons (Fsp3) is 0.333. The molecule has 3 amide bonds. The van der Waals surface area contributed by atoms with E-state index in [9.17, 15) is 9.59 Å². The van der Waals surface area contributed by atoms with Crippen LogP contribution in [0.15, 0.2) is 77.4 Å². The molecule has 2 aromatic carbocycles. The number of furan rings is 1. The van der Waals surface area contributed by atoms with Gasteiger partial charge in [0.05, 0.1) is 18.9 Å². The summed E-state index contributed by atoms with van der Waals surface area (Å²) in [5, 5.41) is 2.92. The fourth-order valence-electron chi connectivity index (χ4n) is 3.98. The van der Waals surface area contributed by atoms with Crippen molar-refractivity contribution < 1.29 is 18.7 Å². The fourth-order valence-corrected chi connectivity index (χ4v) is 3.98. The molecule has 34 heavy (non-hydrogen) atoms. The molecule has 0 aliphatic carbocycles. The number of benzene rings is 2. The van der Waals surface area contributed by atoms with Crippen LogP contribution in [0, 0.1) is 6.92 Å². The summed E-state index contributed by atoms with van der Waals surface area (Å²) in [5.74, 6) is 0.538. The van der Waals surface area contributed by atoms with Gasteiger partial charge in [0.2, 0.25) is 5.91 Å². The summed E-state index contributed by atoms with van der Waals surface area (Å²) < 4.78 is 11.3. The maximum Gasteiger partial charge on any atom is 0.322 e. The van der Waals surface area contributed by atoms with Crippen LogP contribution in [0.2, 0.25) is 0 Å². The minimum absolute atomic E-state index is 0.0505. The molecule has 1 fully saturated rings. The number of nitrogens with zero attached hydrogens (tertiary/aromatic N) is 2. The molecule has 178 valence electrons. The highest BCUT2D eigenvalue weighted by Crippen LogP contribution is 2.17. The highest BCUT2D eigenvalue weighted by atomic mass is 16.5. The van der Waals surface area contributed by atoms with Crippen LogP contribution in [0.1, 0.15) is 29.7 Å². The Balaban J connectivity index is 1.49. The summed E-state index contributed by atoms with van der Waals surface area (Å²) in [6.07, 6.45) is 3.37. The van der Waals surface area contributed by atoms with E-state index in [2.05, 4.69) is 5.32 Å². The van der Waals surface area contributed by atoms with Crippen molar-refractivity contribution in [3.8, 4) is 0 Å². The lowest BCUT2D eigenvalue weighted by molar-refractivity contribution is -0.133. The number of amides is 3. The van der Waals surface area contributed by atoms with Crippen LogP contribution in [0.25, 0.3) is 0 Å². The van der Waals surface area contributed by atoms with E-state index in [0.29, 0.717) is 37.7 Å². The molecule has 1 aliphatic heterocycles. The number of rotatable bonds is 9. The van der Waals surface area contributed by atoms with E-state index in [1.54, 1.807) is 22.1 Å². The third kappa shape index (κ3) is 6.71. The summed E-state index contributed by atoms with van der Waals surface area (Å²) in [6.45, 7) is 3.75. The van der Waals surface area contributed by atoms with Gasteiger partial charge in [0.1, 0.15) is 12.3 Å². The predicted octanol–water partition coefficient (Wildman–Crippen LogP) is 4.83. The molecular formula is C27H31N3O4. The standard InChI is InChI=1S/C27H31N3O4/c1-21-11-13-23(14-12-21)28-27(32)30(19-25-10-6-16-34-25)20-26(31)29(18-24-9-5-15-33-24)17-22-7-3-2-4-8-22/h2-5,7-9,11-15,25H,6,10,16-20H2,1H3,(H,28,32). The lowest BCUT2D eigenvalue weighted by Gasteiger charge is -2.29. The van der Waals surface area contributed by atoms with Crippen molar-refractivity contribution in [1.29, 1.82) is 0 Å². The highest BCUT2D eigenvalue weighted by molar-refractivity contribution is 5.92. The third-order valence-electron chi connectivity index (χ3n) is 5.86. The van der Waals surface area contributed by atoms with Crippen molar-refractivity contribution in [3.63, 3.8) is 0 Å². The average molecular weight is 462 g/mol. The molecule has 0 radical (unpaired) electrons. The Bertz CT molecular complexity index is 1050. The lowest BCUT2D eigenvalue weighted by atomic mass is 10.2. The first-order valence-electron chi connectivity index (χ1n) is 11.6. The van der Waals surface area contributed by atoms with Gasteiger partial charge >= 0.3 is 6.03 Å². The molecule has 7 nitrogen and oxygen atoms in total. The van der Waals surface area contributed by atoms with Gasteiger partial charge in [-0.15, -0.1) is 0 Å². The molecule has 1 atom stereocenters. The van der Waals surface area contributed by atoms with E-state index in [-0.39, 0.29) is 24.6 Å². The first-order valence-corrected chi connectivity index (χ1v) is 11.6. The van der Waals surface area contributed by atoms with Gasteiger partial charge < -0.3 is 24.3 Å². The normalized spacial score (nSPS) is 15.1. The number of anilines is 1. The molecule has 1 aliphatic rings. The number of urea groups is 1. The SMILES string of the molecule is Cc1ccc(NC(=O)N(CC(=O)N(Cc2ccccc2)Cc2ccco2)CC2CCCO2)cc1. The minimum atomic E-state index is -0.314. The van der Waals surface area contributed by atoms with Gasteiger partial charge in [0, 0.05) is 25.4 Å². The van der Waals surface area contributed by atoms with Gasteiger partial charge in [-0.1, -0.05) is 48.0 Å². The zero-order valence-electron chi connectivity index (χ0n) is 19.5. The maximum absolute atomic E-state index is 13.5. The second-order valence-electron chi connectivity index (χ2n) is 8.63. The molecule has 1 N–H and O–H groups in total. The zero-order valence-corrected chi connectivity index (χ0v) is 19.5. The van der Waals surface area contributed by atoms with Crippen LogP contribution in [-0.4, -0.2) is 47.5 Å². The second kappa shape index (κ2) is 11.5. The highest BCUT2D eigenvalue weighted by Gasteiger charge is 2.27. The molecule has 1 saturated heterocycles. The topological polar surface area (TPSA) is 75.0 Å². The lowest BCUT2D eigenvalue weighted by Crippen LogP contribution is -2.46. The quantitative estimate of drug-likeness (QED) is 0.495. The Labute approximate surface area is 200 Å². The van der Waals surface area contributed by atoms with Crippen LogP contribution < -0.4 is 5.32 Å². The van der Waals surface area contributed by atoms with Gasteiger partial charge in [-0.25, -0.2) is 4.79 Å². The van der Waals surface area contributed by atoms with Gasteiger partial charge in [-0.2, -0.15) is 0 Å². The van der Waals surface area contributed by atoms with Crippen LogP contribution in [0.3, 0.4) is 0 Å². The smallest absolute Gasteiger partial charge is 0.322 e. The van der Waals surface area contributed by atoms with E-state index in [1.807, 2.05) is 67.6 Å². The number of ether oxygens (including phenoxy) is 1. The Hall–Kier alpha value is -3.58. The Morgan fingerprint density at radius 2 is 1.76 bits per heavy atom. The molecule has 0 bridgehead atoms. The van der Waals surface area contributed by atoms with E-state index in [4.69, 9.17) is 9.15 Å². The summed E-state index contributed by atoms with van der Waals surface area (Å²) in [5.41, 5.74) is 2.81. The zero-order chi connectivity index (χ0) is 23.8. The summed E-state index contributed by atoms with van der Waals surface area (Å²) >= 11 is 0. The average Bonchev–Trinajstić information content (AvgIpc) is 3.55. The van der Waals surface area contributed by atoms with Gasteiger partial charge in [0.15, 0.2) is 0 Å². The molecule has 4 rings (SSSR count). The van der Waals surface area contributed by atoms with Crippen molar-refractivity contribution in [1.82, 2.24) is 9.80 Å². The minimum Gasteiger partial charge on any atom is -0.467 e. The van der Waals surface area contributed by atoms with Crippen molar-refractivity contribution in [2.24, 2.45) is 0 Å². The van der Waals surface area contributed by atoms with Crippen molar-refractivity contribution in [3.05, 3.63) is 89.9 Å². The maximum atomic E-state index is 13.5. The Morgan fingerprint density at radius 3 is 2.44 bits per heavy atom. The Morgan fingerprint density at radius 1 is 0.971 bits per heavy atom. The van der Waals surface area contributed by atoms with Crippen molar-refractivity contribution in [2.45, 2.75) is 39.0 Å². The van der Waals surface area contributed by atoms with E-state index in [0.717, 1.165) is 24.0 Å². The molecule has 1 aromatic heterocycles. The van der Waals surface area contributed by atoms with E-state index < -0.39 is 0 Å². The summed E-state index contributed by atoms with van der Waals surface area (Å²) in [4.78, 5) is 29.9. The largest absolute Gasteiger partial charge is 0.467 e. The molecule has 0 saturated carbocycles. The Kier molecular flexibility index (Phi) is 7.99. The van der Waals surface area contributed by atoms with Crippen LogP contribution in [0.4, 0.5) is 10.5 Å². The molecular weight excluding hydrogens is 430 g/mol. The van der Waals surface area contributed by atoms with E-state index >= 15 is 0 Å². The van der Waals surface area contributed by atoms with Crippen LogP contribution in [-0.2, 0) is 22.6 Å². The molecule has 1 unspecified atom stereocenters. The second-order valence-corrected chi connectivity index (χ2v) is 8.63. The van der Waals surface area contributed by atoms with Crippen molar-refractivity contribution in [2.75, 3.05) is 25.0 Å². The number of hydrogen-bond acceptors (Lipinski definition) is 4. The molecule has 7 heteroatoms. The number of hydrogen-bond donors (Lipinski definition) is 1. The first kappa shape index (κ1) is 23.6. The third-order valence-corrected chi connectivity index (χ3v) is 5.86. The van der Waals surface area contributed by atoms with Gasteiger partial charge in [-0.3, -0.25) is 4.79 Å². The monoisotopic (exact) mass is 461 g/mol. The summed E-state index contributed by atoms with van der Waals surface area (Å²) in [7, 11) is 0. The molecule has 3 aromatic rings. The summed E-state index contributed by atoms with van der Waals surface area (Å²) in [6, 6.07) is 20.7.